The summed E-state index contributed by atoms with van der Waals surface area (Å²) in [6.45, 7) is 2.72. The molecule has 3 rings (SSSR count). The van der Waals surface area contributed by atoms with Gasteiger partial charge in [0.05, 0.1) is 22.3 Å². The number of rotatable bonds is 6. The van der Waals surface area contributed by atoms with E-state index in [1.165, 1.54) is 0 Å². The third-order valence-corrected chi connectivity index (χ3v) is 5.49. The normalized spacial score (nSPS) is 16.0. The van der Waals surface area contributed by atoms with Crippen LogP contribution >= 0.6 is 34.8 Å². The standard InChI is InChI=1S/C20H19Cl3N2O2/c1-2-20(26)25(11-14-5-3-4-6-16(14)21)12-15-10-19(24-27-15)13-7-8-17(22)18(23)9-13/h3-9,15H,2,10-12H2,1H3/t15-/m0/s1. The Morgan fingerprint density at radius 2 is 1.93 bits per heavy atom. The van der Waals surface area contributed by atoms with Crippen LogP contribution in [0.5, 0.6) is 0 Å². The summed E-state index contributed by atoms with van der Waals surface area (Å²) in [5.41, 5.74) is 2.57. The molecule has 1 atom stereocenters. The van der Waals surface area contributed by atoms with E-state index in [0.717, 1.165) is 16.8 Å². The molecule has 27 heavy (non-hydrogen) atoms. The third kappa shape index (κ3) is 4.95. The number of hydrogen-bond donors (Lipinski definition) is 0. The van der Waals surface area contributed by atoms with Crippen molar-refractivity contribution in [2.45, 2.75) is 32.4 Å². The Bertz CT molecular complexity index is 870. The van der Waals surface area contributed by atoms with Crippen LogP contribution in [-0.2, 0) is 16.2 Å². The van der Waals surface area contributed by atoms with Gasteiger partial charge in [-0.25, -0.2) is 0 Å². The molecular formula is C20H19Cl3N2O2. The van der Waals surface area contributed by atoms with Crippen molar-refractivity contribution in [1.82, 2.24) is 4.90 Å². The van der Waals surface area contributed by atoms with Crippen LogP contribution in [0.1, 0.15) is 30.9 Å². The van der Waals surface area contributed by atoms with Crippen molar-refractivity contribution < 1.29 is 9.63 Å². The fourth-order valence-corrected chi connectivity index (χ4v) is 3.42. The molecule has 1 heterocycles. The zero-order valence-corrected chi connectivity index (χ0v) is 17.1. The van der Waals surface area contributed by atoms with Crippen molar-refractivity contribution in [2.24, 2.45) is 5.16 Å². The summed E-state index contributed by atoms with van der Waals surface area (Å²) in [5, 5.41) is 5.79. The van der Waals surface area contributed by atoms with Crippen LogP contribution in [0.15, 0.2) is 47.6 Å². The molecule has 0 fully saturated rings. The highest BCUT2D eigenvalue weighted by molar-refractivity contribution is 6.42. The van der Waals surface area contributed by atoms with Gasteiger partial charge in [-0.05, 0) is 23.8 Å². The fourth-order valence-electron chi connectivity index (χ4n) is 2.93. The molecule has 4 nitrogen and oxygen atoms in total. The number of carbonyl (C=O) groups is 1. The molecule has 1 aliphatic heterocycles. The van der Waals surface area contributed by atoms with Gasteiger partial charge < -0.3 is 9.74 Å². The first-order chi connectivity index (χ1) is 13.0. The Balaban J connectivity index is 1.68. The summed E-state index contributed by atoms with van der Waals surface area (Å²) in [4.78, 5) is 19.7. The van der Waals surface area contributed by atoms with Crippen LogP contribution < -0.4 is 0 Å². The molecule has 0 saturated heterocycles. The first kappa shape index (κ1) is 20.0. The maximum absolute atomic E-state index is 12.4. The van der Waals surface area contributed by atoms with Crippen molar-refractivity contribution >= 4 is 46.4 Å². The molecule has 0 unspecified atom stereocenters. The summed E-state index contributed by atoms with van der Waals surface area (Å²) < 4.78 is 0. The first-order valence-corrected chi connectivity index (χ1v) is 9.80. The molecule has 7 heteroatoms. The average molecular weight is 426 g/mol. The molecule has 0 aliphatic carbocycles. The van der Waals surface area contributed by atoms with Crippen molar-refractivity contribution in [3.8, 4) is 0 Å². The lowest BCUT2D eigenvalue weighted by molar-refractivity contribution is -0.133. The Morgan fingerprint density at radius 3 is 2.63 bits per heavy atom. The molecule has 0 N–H and O–H groups in total. The van der Waals surface area contributed by atoms with Gasteiger partial charge in [-0.3, -0.25) is 4.79 Å². The molecule has 1 aliphatic rings. The summed E-state index contributed by atoms with van der Waals surface area (Å²) in [6.07, 6.45) is 0.790. The third-order valence-electron chi connectivity index (χ3n) is 4.38. The molecule has 142 valence electrons. The van der Waals surface area contributed by atoms with Crippen molar-refractivity contribution in [3.63, 3.8) is 0 Å². The highest BCUT2D eigenvalue weighted by atomic mass is 35.5. The number of nitrogens with zero attached hydrogens (tertiary/aromatic N) is 2. The lowest BCUT2D eigenvalue weighted by Gasteiger charge is -2.25. The van der Waals surface area contributed by atoms with E-state index in [2.05, 4.69) is 5.16 Å². The minimum absolute atomic E-state index is 0.0431. The number of hydrogen-bond acceptors (Lipinski definition) is 3. The van der Waals surface area contributed by atoms with E-state index in [1.807, 2.05) is 37.3 Å². The van der Waals surface area contributed by atoms with Crippen molar-refractivity contribution in [3.05, 3.63) is 68.7 Å². The van der Waals surface area contributed by atoms with Gasteiger partial charge in [0.2, 0.25) is 5.91 Å². The monoisotopic (exact) mass is 424 g/mol. The molecule has 0 saturated carbocycles. The number of benzene rings is 2. The SMILES string of the molecule is CCC(=O)N(Cc1ccccc1Cl)C[C@@H]1CC(c2ccc(Cl)c(Cl)c2)=NO1. The quantitative estimate of drug-likeness (QED) is 0.606. The Hall–Kier alpha value is -1.75. The highest BCUT2D eigenvalue weighted by Crippen LogP contribution is 2.26. The number of oxime groups is 1. The number of amides is 1. The van der Waals surface area contributed by atoms with E-state index >= 15 is 0 Å². The van der Waals surface area contributed by atoms with Crippen LogP contribution in [0.3, 0.4) is 0 Å². The van der Waals surface area contributed by atoms with E-state index in [0.29, 0.717) is 41.0 Å². The maximum Gasteiger partial charge on any atom is 0.222 e. The lowest BCUT2D eigenvalue weighted by Crippen LogP contribution is -2.37. The first-order valence-electron chi connectivity index (χ1n) is 8.67. The van der Waals surface area contributed by atoms with Gasteiger partial charge in [0.25, 0.3) is 0 Å². The molecule has 1 amide bonds. The average Bonchev–Trinajstić information content (AvgIpc) is 3.13. The molecule has 0 spiro atoms. The minimum atomic E-state index is -0.215. The molecule has 2 aromatic rings. The molecular weight excluding hydrogens is 407 g/mol. The smallest absolute Gasteiger partial charge is 0.222 e. The predicted octanol–water partition coefficient (Wildman–Crippen LogP) is 5.58. The largest absolute Gasteiger partial charge is 0.390 e. The minimum Gasteiger partial charge on any atom is -0.390 e. The summed E-state index contributed by atoms with van der Waals surface area (Å²) >= 11 is 18.3. The summed E-state index contributed by atoms with van der Waals surface area (Å²) in [6, 6.07) is 12.9. The van der Waals surface area contributed by atoms with E-state index in [9.17, 15) is 4.79 Å². The Kier molecular flexibility index (Phi) is 6.64. The number of halogens is 3. The second kappa shape index (κ2) is 8.96. The van der Waals surface area contributed by atoms with Gasteiger partial charge in [0.15, 0.2) is 6.10 Å². The van der Waals surface area contributed by atoms with Crippen molar-refractivity contribution in [2.75, 3.05) is 6.54 Å². The predicted molar refractivity (Wildman–Crippen MR) is 110 cm³/mol. The van der Waals surface area contributed by atoms with Crippen LogP contribution in [0.25, 0.3) is 0 Å². The van der Waals surface area contributed by atoms with Crippen LogP contribution in [0.2, 0.25) is 15.1 Å². The van der Waals surface area contributed by atoms with E-state index < -0.39 is 0 Å². The van der Waals surface area contributed by atoms with Gasteiger partial charge in [-0.15, -0.1) is 0 Å². The van der Waals surface area contributed by atoms with E-state index in [1.54, 1.807) is 17.0 Å². The van der Waals surface area contributed by atoms with Gasteiger partial charge >= 0.3 is 0 Å². The van der Waals surface area contributed by atoms with E-state index in [-0.39, 0.29) is 12.0 Å². The molecule has 2 aromatic carbocycles. The second-order valence-electron chi connectivity index (χ2n) is 6.32. The second-order valence-corrected chi connectivity index (χ2v) is 7.54. The lowest BCUT2D eigenvalue weighted by atomic mass is 10.0. The Labute approximate surface area is 173 Å². The Morgan fingerprint density at radius 1 is 1.15 bits per heavy atom. The molecule has 0 radical (unpaired) electrons. The zero-order valence-electron chi connectivity index (χ0n) is 14.8. The van der Waals surface area contributed by atoms with Gasteiger partial charge in [0.1, 0.15) is 0 Å². The summed E-state index contributed by atoms with van der Waals surface area (Å²) in [5.74, 6) is 0.0431. The molecule has 0 aromatic heterocycles. The van der Waals surface area contributed by atoms with Crippen LogP contribution in [-0.4, -0.2) is 29.2 Å². The van der Waals surface area contributed by atoms with E-state index in [4.69, 9.17) is 39.6 Å². The topological polar surface area (TPSA) is 41.9 Å². The highest BCUT2D eigenvalue weighted by Gasteiger charge is 2.27. The van der Waals surface area contributed by atoms with Gasteiger partial charge in [-0.1, -0.05) is 71.1 Å². The number of carbonyl (C=O) groups excluding carboxylic acids is 1. The summed E-state index contributed by atoms with van der Waals surface area (Å²) in [7, 11) is 0. The van der Waals surface area contributed by atoms with Crippen molar-refractivity contribution in [1.29, 1.82) is 0 Å². The van der Waals surface area contributed by atoms with Gasteiger partial charge in [0, 0.05) is 30.0 Å². The zero-order chi connectivity index (χ0) is 19.4. The maximum atomic E-state index is 12.4. The van der Waals surface area contributed by atoms with Gasteiger partial charge in [-0.2, -0.15) is 0 Å². The molecule has 0 bridgehead atoms. The van der Waals surface area contributed by atoms with Crippen LogP contribution in [0.4, 0.5) is 0 Å². The van der Waals surface area contributed by atoms with Crippen LogP contribution in [0, 0.1) is 0 Å². The fraction of sp³-hybridized carbons (Fsp3) is 0.300.